The number of ether oxygens (including phenoxy) is 1. The van der Waals surface area contributed by atoms with E-state index in [0.717, 1.165) is 30.0 Å². The molecule has 0 fully saturated rings. The fourth-order valence-electron chi connectivity index (χ4n) is 3.57. The summed E-state index contributed by atoms with van der Waals surface area (Å²) in [4.78, 5) is 26.5. The standard InChI is InChI=1S/C25H24N2O3/c1-2-24(28)27-15-14-18-8-11-21(16-20(18)17-27)26-25(29)19-9-12-23(13-10-19)30-22-6-4-3-5-7-22/h3-13,16H,2,14-15,17H2,1H3,(H,26,29). The summed E-state index contributed by atoms with van der Waals surface area (Å²) < 4.78 is 5.77. The highest BCUT2D eigenvalue weighted by Crippen LogP contribution is 2.24. The van der Waals surface area contributed by atoms with Gasteiger partial charge in [-0.05, 0) is 66.1 Å². The molecule has 0 radical (unpaired) electrons. The van der Waals surface area contributed by atoms with Crippen LogP contribution in [0.5, 0.6) is 11.5 Å². The number of rotatable bonds is 5. The van der Waals surface area contributed by atoms with Gasteiger partial charge in [-0.2, -0.15) is 0 Å². The topological polar surface area (TPSA) is 58.6 Å². The lowest BCUT2D eigenvalue weighted by Gasteiger charge is -2.29. The van der Waals surface area contributed by atoms with Crippen LogP contribution in [-0.2, 0) is 17.8 Å². The summed E-state index contributed by atoms with van der Waals surface area (Å²) in [5.41, 5.74) is 3.60. The third-order valence-corrected chi connectivity index (χ3v) is 5.23. The summed E-state index contributed by atoms with van der Waals surface area (Å²) in [6.07, 6.45) is 1.36. The van der Waals surface area contributed by atoms with Gasteiger partial charge in [-0.1, -0.05) is 31.2 Å². The molecule has 0 atom stereocenters. The second-order valence-electron chi connectivity index (χ2n) is 7.30. The lowest BCUT2D eigenvalue weighted by molar-refractivity contribution is -0.131. The minimum atomic E-state index is -0.182. The van der Waals surface area contributed by atoms with Gasteiger partial charge in [0.05, 0.1) is 0 Å². The van der Waals surface area contributed by atoms with Crippen molar-refractivity contribution in [3.8, 4) is 11.5 Å². The number of hydrogen-bond donors (Lipinski definition) is 1. The first-order valence-corrected chi connectivity index (χ1v) is 10.2. The molecule has 1 aliphatic heterocycles. The van der Waals surface area contributed by atoms with Crippen molar-refractivity contribution in [1.82, 2.24) is 4.90 Å². The second-order valence-corrected chi connectivity index (χ2v) is 7.30. The highest BCUT2D eigenvalue weighted by molar-refractivity contribution is 6.04. The van der Waals surface area contributed by atoms with Crippen molar-refractivity contribution in [3.05, 3.63) is 89.5 Å². The van der Waals surface area contributed by atoms with E-state index in [2.05, 4.69) is 5.32 Å². The highest BCUT2D eigenvalue weighted by atomic mass is 16.5. The summed E-state index contributed by atoms with van der Waals surface area (Å²) in [6, 6.07) is 22.5. The zero-order chi connectivity index (χ0) is 20.9. The predicted octanol–water partition coefficient (Wildman–Crippen LogP) is 5.03. The Bertz CT molecular complexity index is 1050. The number of carbonyl (C=O) groups excluding carboxylic acids is 2. The summed E-state index contributed by atoms with van der Waals surface area (Å²) >= 11 is 0. The number of carbonyl (C=O) groups is 2. The average Bonchev–Trinajstić information content (AvgIpc) is 2.79. The molecule has 152 valence electrons. The van der Waals surface area contributed by atoms with Gasteiger partial charge in [0.1, 0.15) is 11.5 Å². The number of anilines is 1. The molecule has 0 bridgehead atoms. The van der Waals surface area contributed by atoms with Crippen LogP contribution in [0.3, 0.4) is 0 Å². The van der Waals surface area contributed by atoms with Gasteiger partial charge in [0, 0.05) is 30.8 Å². The fraction of sp³-hybridized carbons (Fsp3) is 0.200. The molecule has 3 aromatic carbocycles. The molecule has 0 saturated heterocycles. The van der Waals surface area contributed by atoms with E-state index in [9.17, 15) is 9.59 Å². The SMILES string of the molecule is CCC(=O)N1CCc2ccc(NC(=O)c3ccc(Oc4ccccc4)cc3)cc2C1. The molecule has 0 unspecified atom stereocenters. The number of para-hydroxylation sites is 1. The average molecular weight is 400 g/mol. The number of amides is 2. The maximum Gasteiger partial charge on any atom is 0.255 e. The van der Waals surface area contributed by atoms with Crippen LogP contribution in [0.4, 0.5) is 5.69 Å². The molecule has 0 aliphatic carbocycles. The summed E-state index contributed by atoms with van der Waals surface area (Å²) in [5, 5.41) is 2.95. The molecular weight excluding hydrogens is 376 g/mol. The second kappa shape index (κ2) is 8.82. The van der Waals surface area contributed by atoms with Crippen molar-refractivity contribution in [2.45, 2.75) is 26.3 Å². The van der Waals surface area contributed by atoms with Gasteiger partial charge in [-0.25, -0.2) is 0 Å². The minimum absolute atomic E-state index is 0.160. The van der Waals surface area contributed by atoms with E-state index in [4.69, 9.17) is 4.74 Å². The molecule has 1 aliphatic rings. The third-order valence-electron chi connectivity index (χ3n) is 5.23. The lowest BCUT2D eigenvalue weighted by Crippen LogP contribution is -2.35. The first-order chi connectivity index (χ1) is 14.6. The van der Waals surface area contributed by atoms with Crippen LogP contribution in [0.25, 0.3) is 0 Å². The Morgan fingerprint density at radius 3 is 2.40 bits per heavy atom. The molecule has 2 amide bonds. The van der Waals surface area contributed by atoms with E-state index >= 15 is 0 Å². The summed E-state index contributed by atoms with van der Waals surface area (Å²) in [5.74, 6) is 1.40. The molecule has 3 aromatic rings. The van der Waals surface area contributed by atoms with Crippen LogP contribution in [0.1, 0.15) is 34.8 Å². The largest absolute Gasteiger partial charge is 0.457 e. The van der Waals surface area contributed by atoms with Gasteiger partial charge in [0.15, 0.2) is 0 Å². The Kier molecular flexibility index (Phi) is 5.80. The van der Waals surface area contributed by atoms with Crippen LogP contribution >= 0.6 is 0 Å². The van der Waals surface area contributed by atoms with Crippen molar-refractivity contribution >= 4 is 17.5 Å². The number of benzene rings is 3. The Morgan fingerprint density at radius 2 is 1.67 bits per heavy atom. The van der Waals surface area contributed by atoms with Gasteiger partial charge in [-0.3, -0.25) is 9.59 Å². The van der Waals surface area contributed by atoms with E-state index in [-0.39, 0.29) is 11.8 Å². The quantitative estimate of drug-likeness (QED) is 0.654. The Hall–Kier alpha value is -3.60. The highest BCUT2D eigenvalue weighted by Gasteiger charge is 2.20. The van der Waals surface area contributed by atoms with Crippen LogP contribution in [0, 0.1) is 0 Å². The van der Waals surface area contributed by atoms with Crippen LogP contribution in [-0.4, -0.2) is 23.3 Å². The fourth-order valence-corrected chi connectivity index (χ4v) is 3.57. The predicted molar refractivity (Wildman–Crippen MR) is 117 cm³/mol. The smallest absolute Gasteiger partial charge is 0.255 e. The Labute approximate surface area is 176 Å². The first kappa shape index (κ1) is 19.7. The normalized spacial score (nSPS) is 12.8. The first-order valence-electron chi connectivity index (χ1n) is 10.2. The molecule has 0 spiro atoms. The minimum Gasteiger partial charge on any atom is -0.457 e. The van der Waals surface area contributed by atoms with Crippen molar-refractivity contribution < 1.29 is 14.3 Å². The lowest BCUT2D eigenvalue weighted by atomic mass is 9.98. The number of nitrogens with one attached hydrogen (secondary N) is 1. The van der Waals surface area contributed by atoms with E-state index in [1.54, 1.807) is 24.3 Å². The Balaban J connectivity index is 1.42. The zero-order valence-corrected chi connectivity index (χ0v) is 16.9. The van der Waals surface area contributed by atoms with Gasteiger partial charge in [0.2, 0.25) is 5.91 Å². The molecule has 5 heteroatoms. The van der Waals surface area contributed by atoms with Crippen LogP contribution in [0.15, 0.2) is 72.8 Å². The van der Waals surface area contributed by atoms with Crippen LogP contribution < -0.4 is 10.1 Å². The van der Waals surface area contributed by atoms with Gasteiger partial charge >= 0.3 is 0 Å². The molecule has 1 heterocycles. The maximum absolute atomic E-state index is 12.7. The summed E-state index contributed by atoms with van der Waals surface area (Å²) in [7, 11) is 0. The molecule has 5 nitrogen and oxygen atoms in total. The van der Waals surface area contributed by atoms with Crippen molar-refractivity contribution in [2.75, 3.05) is 11.9 Å². The zero-order valence-electron chi connectivity index (χ0n) is 16.9. The van der Waals surface area contributed by atoms with E-state index in [1.165, 1.54) is 5.56 Å². The van der Waals surface area contributed by atoms with Crippen molar-refractivity contribution in [1.29, 1.82) is 0 Å². The number of hydrogen-bond acceptors (Lipinski definition) is 3. The molecule has 1 N–H and O–H groups in total. The van der Waals surface area contributed by atoms with E-state index in [1.807, 2.05) is 60.4 Å². The van der Waals surface area contributed by atoms with Crippen LogP contribution in [0.2, 0.25) is 0 Å². The molecular formula is C25H24N2O3. The van der Waals surface area contributed by atoms with Gasteiger partial charge in [-0.15, -0.1) is 0 Å². The number of fused-ring (bicyclic) bond motifs is 1. The van der Waals surface area contributed by atoms with E-state index in [0.29, 0.717) is 24.3 Å². The van der Waals surface area contributed by atoms with Gasteiger partial charge < -0.3 is 15.0 Å². The summed E-state index contributed by atoms with van der Waals surface area (Å²) in [6.45, 7) is 3.23. The van der Waals surface area contributed by atoms with Crippen molar-refractivity contribution in [3.63, 3.8) is 0 Å². The van der Waals surface area contributed by atoms with Gasteiger partial charge in [0.25, 0.3) is 5.91 Å². The molecule has 30 heavy (non-hydrogen) atoms. The van der Waals surface area contributed by atoms with Crippen molar-refractivity contribution in [2.24, 2.45) is 0 Å². The molecule has 0 aromatic heterocycles. The Morgan fingerprint density at radius 1 is 0.933 bits per heavy atom. The maximum atomic E-state index is 12.7. The molecule has 4 rings (SSSR count). The number of nitrogens with zero attached hydrogens (tertiary/aromatic N) is 1. The monoisotopic (exact) mass is 400 g/mol. The van der Waals surface area contributed by atoms with E-state index < -0.39 is 0 Å². The third kappa shape index (κ3) is 4.51. The molecule has 0 saturated carbocycles.